The van der Waals surface area contributed by atoms with Gasteiger partial charge in [0.25, 0.3) is 5.91 Å². The molecule has 0 spiro atoms. The number of benzene rings is 2. The van der Waals surface area contributed by atoms with E-state index in [2.05, 4.69) is 0 Å². The molecule has 4 rings (SSSR count). The van der Waals surface area contributed by atoms with E-state index in [-0.39, 0.29) is 17.6 Å². The van der Waals surface area contributed by atoms with Gasteiger partial charge in [0, 0.05) is 17.7 Å². The number of methoxy groups -OCH3 is 1. The maximum atomic E-state index is 13.1. The third-order valence-electron chi connectivity index (χ3n) is 5.52. The minimum atomic E-state index is -0.560. The van der Waals surface area contributed by atoms with Crippen LogP contribution < -0.4 is 9.47 Å². The number of fused-ring (bicyclic) bond motifs is 1. The van der Waals surface area contributed by atoms with Gasteiger partial charge in [-0.1, -0.05) is 19.9 Å². The van der Waals surface area contributed by atoms with Crippen LogP contribution in [-0.4, -0.2) is 36.2 Å². The third-order valence-corrected chi connectivity index (χ3v) is 5.52. The number of rotatable bonds is 5. The number of aliphatic hydroxyl groups excluding tert-OH is 1. The van der Waals surface area contributed by atoms with Crippen molar-refractivity contribution in [1.29, 1.82) is 0 Å². The smallest absolute Gasteiger partial charge is 0.290 e. The summed E-state index contributed by atoms with van der Waals surface area (Å²) in [6, 6.07) is 16.7. The van der Waals surface area contributed by atoms with E-state index in [1.54, 1.807) is 24.1 Å². The Kier molecular flexibility index (Phi) is 6.00. The van der Waals surface area contributed by atoms with Crippen molar-refractivity contribution in [2.45, 2.75) is 26.5 Å². The van der Waals surface area contributed by atoms with Crippen LogP contribution in [0.5, 0.6) is 11.5 Å². The first kappa shape index (κ1) is 21.0. The maximum absolute atomic E-state index is 13.1. The summed E-state index contributed by atoms with van der Waals surface area (Å²) >= 11 is 0. The Hall–Kier alpha value is -3.25. The number of carbonyl (C=O) groups is 1. The van der Waals surface area contributed by atoms with Crippen LogP contribution in [-0.2, 0) is 6.54 Å². The minimum Gasteiger partial charge on any atom is -0.497 e. The predicted octanol–water partition coefficient (Wildman–Crippen LogP) is 4.68. The molecular weight excluding hydrogens is 394 g/mol. The molecule has 1 N–H and O–H groups in total. The monoisotopic (exact) mass is 421 g/mol. The van der Waals surface area contributed by atoms with Gasteiger partial charge in [-0.15, -0.1) is 0 Å². The summed E-state index contributed by atoms with van der Waals surface area (Å²) in [5.41, 5.74) is 2.58. The van der Waals surface area contributed by atoms with Crippen LogP contribution in [0.1, 0.15) is 41.6 Å². The van der Waals surface area contributed by atoms with Crippen LogP contribution in [0.4, 0.5) is 0 Å². The minimum absolute atomic E-state index is 0.0991. The molecule has 1 amide bonds. The van der Waals surface area contributed by atoms with Gasteiger partial charge in [0.1, 0.15) is 23.9 Å². The van der Waals surface area contributed by atoms with E-state index in [4.69, 9.17) is 13.9 Å². The summed E-state index contributed by atoms with van der Waals surface area (Å²) in [6.45, 7) is 5.19. The molecule has 0 unspecified atom stereocenters. The molecule has 0 bridgehead atoms. The van der Waals surface area contributed by atoms with E-state index in [0.29, 0.717) is 25.5 Å². The van der Waals surface area contributed by atoms with Crippen molar-refractivity contribution < 1.29 is 23.8 Å². The highest BCUT2D eigenvalue weighted by molar-refractivity contribution is 5.92. The highest BCUT2D eigenvalue weighted by Gasteiger charge is 2.25. The first-order chi connectivity index (χ1) is 15.0. The molecular formula is C25H27NO5. The van der Waals surface area contributed by atoms with Gasteiger partial charge in [-0.25, -0.2) is 0 Å². The fraction of sp³-hybridized carbons (Fsp3) is 0.320. The quantitative estimate of drug-likeness (QED) is 0.648. The number of hydrogen-bond donors (Lipinski definition) is 1. The van der Waals surface area contributed by atoms with E-state index >= 15 is 0 Å². The Labute approximate surface area is 182 Å². The molecule has 3 aromatic rings. The number of aliphatic hydroxyl groups is 1. The number of hydrogen-bond acceptors (Lipinski definition) is 5. The average molecular weight is 421 g/mol. The summed E-state index contributed by atoms with van der Waals surface area (Å²) in [5, 5.41) is 10.4. The molecule has 0 saturated carbocycles. The average Bonchev–Trinajstić information content (AvgIpc) is 3.18. The van der Waals surface area contributed by atoms with Gasteiger partial charge < -0.3 is 23.9 Å². The molecule has 0 radical (unpaired) electrons. The van der Waals surface area contributed by atoms with Crippen molar-refractivity contribution in [3.63, 3.8) is 0 Å². The van der Waals surface area contributed by atoms with Crippen molar-refractivity contribution in [3.05, 3.63) is 71.5 Å². The number of nitrogens with zero attached hydrogens (tertiary/aromatic N) is 1. The molecule has 6 heteroatoms. The number of ether oxygens (including phenoxy) is 2. The zero-order valence-electron chi connectivity index (χ0n) is 18.0. The largest absolute Gasteiger partial charge is 0.497 e. The van der Waals surface area contributed by atoms with Crippen LogP contribution in [0.3, 0.4) is 0 Å². The molecule has 0 saturated heterocycles. The van der Waals surface area contributed by atoms with Crippen LogP contribution >= 0.6 is 0 Å². The van der Waals surface area contributed by atoms with Crippen molar-refractivity contribution in [2.75, 3.05) is 20.3 Å². The highest BCUT2D eigenvalue weighted by Crippen LogP contribution is 2.30. The topological polar surface area (TPSA) is 72.1 Å². The van der Waals surface area contributed by atoms with Crippen molar-refractivity contribution in [3.8, 4) is 22.8 Å². The van der Waals surface area contributed by atoms with Crippen LogP contribution in [0.2, 0.25) is 0 Å². The first-order valence-corrected chi connectivity index (χ1v) is 10.4. The van der Waals surface area contributed by atoms with Gasteiger partial charge in [-0.3, -0.25) is 4.79 Å². The molecule has 0 fully saturated rings. The van der Waals surface area contributed by atoms with Crippen LogP contribution in [0.25, 0.3) is 11.3 Å². The SMILES string of the molecule is COc1ccc(-c2ccc(C(=O)N3CCOc4ccc([C@H](O)C(C)C)cc4C3)o2)cc1. The third kappa shape index (κ3) is 4.44. The molecule has 1 aliphatic heterocycles. The molecule has 31 heavy (non-hydrogen) atoms. The molecule has 162 valence electrons. The lowest BCUT2D eigenvalue weighted by Gasteiger charge is -2.20. The molecule has 2 heterocycles. The molecule has 2 aromatic carbocycles. The lowest BCUT2D eigenvalue weighted by molar-refractivity contribution is 0.0702. The maximum Gasteiger partial charge on any atom is 0.290 e. The first-order valence-electron chi connectivity index (χ1n) is 10.4. The Morgan fingerprint density at radius 2 is 1.87 bits per heavy atom. The number of amides is 1. The Balaban J connectivity index is 1.54. The highest BCUT2D eigenvalue weighted by atomic mass is 16.5. The van der Waals surface area contributed by atoms with Gasteiger partial charge in [0.15, 0.2) is 5.76 Å². The molecule has 0 aliphatic carbocycles. The zero-order chi connectivity index (χ0) is 22.0. The molecule has 1 aliphatic rings. The Bertz CT molecular complexity index is 1050. The number of furan rings is 1. The summed E-state index contributed by atoms with van der Waals surface area (Å²) < 4.78 is 16.9. The van der Waals surface area contributed by atoms with Crippen molar-refractivity contribution in [2.24, 2.45) is 5.92 Å². The van der Waals surface area contributed by atoms with E-state index in [9.17, 15) is 9.90 Å². The van der Waals surface area contributed by atoms with Gasteiger partial charge >= 0.3 is 0 Å². The Morgan fingerprint density at radius 1 is 1.10 bits per heavy atom. The zero-order valence-corrected chi connectivity index (χ0v) is 18.0. The standard InChI is InChI=1S/C25H27NO5/c1-16(2)24(27)18-6-9-21-19(14-18)15-26(12-13-30-21)25(28)23-11-10-22(31-23)17-4-7-20(29-3)8-5-17/h4-11,14,16,24,27H,12-13,15H2,1-3H3/t24-/m1/s1. The van der Waals surface area contributed by atoms with Gasteiger partial charge in [-0.05, 0) is 60.0 Å². The van der Waals surface area contributed by atoms with Gasteiger partial charge in [-0.2, -0.15) is 0 Å². The van der Waals surface area contributed by atoms with Crippen LogP contribution in [0, 0.1) is 5.92 Å². The van der Waals surface area contributed by atoms with Crippen LogP contribution in [0.15, 0.2) is 59.0 Å². The Morgan fingerprint density at radius 3 is 2.58 bits per heavy atom. The second-order valence-corrected chi connectivity index (χ2v) is 8.02. The number of carbonyl (C=O) groups excluding carboxylic acids is 1. The lowest BCUT2D eigenvalue weighted by Crippen LogP contribution is -2.32. The predicted molar refractivity (Wildman–Crippen MR) is 117 cm³/mol. The summed E-state index contributed by atoms with van der Waals surface area (Å²) in [7, 11) is 1.62. The fourth-order valence-corrected chi connectivity index (χ4v) is 3.68. The van der Waals surface area contributed by atoms with E-state index in [1.165, 1.54) is 0 Å². The summed E-state index contributed by atoms with van der Waals surface area (Å²) in [5.74, 6) is 2.32. The van der Waals surface area contributed by atoms with Gasteiger partial charge in [0.2, 0.25) is 0 Å². The van der Waals surface area contributed by atoms with Gasteiger partial charge in [0.05, 0.1) is 19.8 Å². The molecule has 1 aromatic heterocycles. The van der Waals surface area contributed by atoms with Crippen molar-refractivity contribution in [1.82, 2.24) is 4.90 Å². The van der Waals surface area contributed by atoms with E-state index < -0.39 is 6.10 Å². The molecule has 6 nitrogen and oxygen atoms in total. The van der Waals surface area contributed by atoms with E-state index in [0.717, 1.165) is 28.2 Å². The summed E-state index contributed by atoms with van der Waals surface area (Å²) in [6.07, 6.45) is -0.560. The van der Waals surface area contributed by atoms with E-state index in [1.807, 2.05) is 56.3 Å². The fourth-order valence-electron chi connectivity index (χ4n) is 3.68. The second kappa shape index (κ2) is 8.86. The summed E-state index contributed by atoms with van der Waals surface area (Å²) in [4.78, 5) is 14.9. The van der Waals surface area contributed by atoms with Crippen molar-refractivity contribution >= 4 is 5.91 Å². The molecule has 1 atom stereocenters. The lowest BCUT2D eigenvalue weighted by atomic mass is 9.97. The second-order valence-electron chi connectivity index (χ2n) is 8.02. The normalized spacial score (nSPS) is 14.5.